The first kappa shape index (κ1) is 11.9. The van der Waals surface area contributed by atoms with Crippen molar-refractivity contribution in [3.8, 4) is 6.07 Å². The van der Waals surface area contributed by atoms with Gasteiger partial charge in [-0.25, -0.2) is 4.90 Å². The Morgan fingerprint density at radius 3 is 2.60 bits per heavy atom. The Hall–Kier alpha value is -3.20. The quantitative estimate of drug-likeness (QED) is 0.618. The van der Waals surface area contributed by atoms with Crippen molar-refractivity contribution in [2.24, 2.45) is 0 Å². The molecule has 6 heteroatoms. The number of pyridine rings is 1. The lowest BCUT2D eigenvalue weighted by Gasteiger charge is -2.15. The maximum absolute atomic E-state index is 12.3. The normalized spacial score (nSPS) is 13.2. The van der Waals surface area contributed by atoms with Gasteiger partial charge in [-0.1, -0.05) is 0 Å². The molecule has 0 fully saturated rings. The number of anilines is 2. The third-order valence-corrected chi connectivity index (χ3v) is 3.07. The van der Waals surface area contributed by atoms with Crippen LogP contribution in [0.4, 0.5) is 11.4 Å². The average molecular weight is 264 g/mol. The van der Waals surface area contributed by atoms with Gasteiger partial charge in [0.2, 0.25) is 0 Å². The first-order valence-electron chi connectivity index (χ1n) is 5.76. The van der Waals surface area contributed by atoms with Gasteiger partial charge in [-0.3, -0.25) is 14.6 Å². The summed E-state index contributed by atoms with van der Waals surface area (Å²) in [6.45, 7) is 0. The number of hydrogen-bond donors (Lipinski definition) is 1. The first-order valence-corrected chi connectivity index (χ1v) is 5.76. The fourth-order valence-corrected chi connectivity index (χ4v) is 2.14. The molecule has 0 aliphatic carbocycles. The Morgan fingerprint density at radius 1 is 1.15 bits per heavy atom. The Bertz CT molecular complexity index is 757. The minimum Gasteiger partial charge on any atom is -0.399 e. The fraction of sp³-hybridized carbons (Fsp3) is 0. The number of imide groups is 1. The molecule has 0 bridgehead atoms. The second-order valence-corrected chi connectivity index (χ2v) is 4.26. The van der Waals surface area contributed by atoms with Gasteiger partial charge in [-0.15, -0.1) is 0 Å². The highest BCUT2D eigenvalue weighted by molar-refractivity contribution is 6.34. The van der Waals surface area contributed by atoms with E-state index in [2.05, 4.69) is 4.98 Å². The molecular weight excluding hydrogens is 256 g/mol. The molecule has 3 rings (SSSR count). The average Bonchev–Trinajstić information content (AvgIpc) is 2.72. The topological polar surface area (TPSA) is 100 Å². The SMILES string of the molecule is N#Cc1cc(N)ccc1N1C(=O)c2ccncc2C1=O. The van der Waals surface area contributed by atoms with E-state index in [-0.39, 0.29) is 22.4 Å². The number of rotatable bonds is 1. The minimum atomic E-state index is -0.487. The minimum absolute atomic E-state index is 0.174. The van der Waals surface area contributed by atoms with Gasteiger partial charge < -0.3 is 5.73 Å². The summed E-state index contributed by atoms with van der Waals surface area (Å²) in [6, 6.07) is 7.88. The molecule has 1 aliphatic rings. The van der Waals surface area contributed by atoms with E-state index in [1.54, 1.807) is 0 Å². The molecule has 0 saturated heterocycles. The lowest BCUT2D eigenvalue weighted by Crippen LogP contribution is -2.30. The number of nitrogens with two attached hydrogens (primary N) is 1. The number of carbonyl (C=O) groups excluding carboxylic acids is 2. The summed E-state index contributed by atoms with van der Waals surface area (Å²) in [5.74, 6) is -0.951. The van der Waals surface area contributed by atoms with Crippen LogP contribution < -0.4 is 10.6 Å². The third-order valence-electron chi connectivity index (χ3n) is 3.07. The van der Waals surface area contributed by atoms with Gasteiger partial charge in [0.05, 0.1) is 22.4 Å². The number of nitrogens with zero attached hydrogens (tertiary/aromatic N) is 3. The van der Waals surface area contributed by atoms with Crippen LogP contribution in [0.3, 0.4) is 0 Å². The molecule has 1 aromatic carbocycles. The summed E-state index contributed by atoms with van der Waals surface area (Å²) in [5.41, 5.74) is 6.92. The molecule has 2 heterocycles. The lowest BCUT2D eigenvalue weighted by molar-refractivity contribution is 0.0926. The van der Waals surface area contributed by atoms with Crippen LogP contribution in [0.2, 0.25) is 0 Å². The van der Waals surface area contributed by atoms with Crippen LogP contribution in [-0.4, -0.2) is 16.8 Å². The standard InChI is InChI=1S/C14H8N4O2/c15-6-8-5-9(16)1-2-12(8)18-13(19)10-3-4-17-7-11(10)14(18)20/h1-5,7H,16H2. The van der Waals surface area contributed by atoms with Crippen molar-refractivity contribution in [1.82, 2.24) is 4.98 Å². The van der Waals surface area contributed by atoms with Crippen LogP contribution in [0, 0.1) is 11.3 Å². The van der Waals surface area contributed by atoms with E-state index < -0.39 is 11.8 Å². The Morgan fingerprint density at radius 2 is 1.90 bits per heavy atom. The summed E-state index contributed by atoms with van der Waals surface area (Å²) in [6.07, 6.45) is 2.79. The summed E-state index contributed by atoms with van der Waals surface area (Å²) >= 11 is 0. The zero-order valence-corrected chi connectivity index (χ0v) is 10.2. The summed E-state index contributed by atoms with van der Waals surface area (Å²) in [4.78, 5) is 29.4. The van der Waals surface area contributed by atoms with Gasteiger partial charge in [-0.2, -0.15) is 5.26 Å². The van der Waals surface area contributed by atoms with Crippen molar-refractivity contribution in [2.75, 3.05) is 10.6 Å². The van der Waals surface area contributed by atoms with Crippen LogP contribution in [0.5, 0.6) is 0 Å². The number of hydrogen-bond acceptors (Lipinski definition) is 5. The molecule has 96 valence electrons. The second kappa shape index (κ2) is 4.17. The molecule has 1 aliphatic heterocycles. The Labute approximate surface area is 114 Å². The van der Waals surface area contributed by atoms with Crippen LogP contribution in [-0.2, 0) is 0 Å². The highest BCUT2D eigenvalue weighted by atomic mass is 16.2. The molecular formula is C14H8N4O2. The molecule has 0 saturated carbocycles. The zero-order valence-electron chi connectivity index (χ0n) is 10.2. The number of benzene rings is 1. The fourth-order valence-electron chi connectivity index (χ4n) is 2.14. The first-order chi connectivity index (χ1) is 9.63. The van der Waals surface area contributed by atoms with E-state index in [9.17, 15) is 9.59 Å². The van der Waals surface area contributed by atoms with Crippen molar-refractivity contribution in [3.63, 3.8) is 0 Å². The van der Waals surface area contributed by atoms with Gasteiger partial charge in [0.1, 0.15) is 6.07 Å². The number of fused-ring (bicyclic) bond motifs is 1. The predicted molar refractivity (Wildman–Crippen MR) is 70.9 cm³/mol. The third kappa shape index (κ3) is 1.54. The summed E-state index contributed by atoms with van der Waals surface area (Å²) in [7, 11) is 0. The van der Waals surface area contributed by atoms with Crippen molar-refractivity contribution < 1.29 is 9.59 Å². The smallest absolute Gasteiger partial charge is 0.267 e. The van der Waals surface area contributed by atoms with E-state index in [0.29, 0.717) is 5.69 Å². The molecule has 2 aromatic rings. The monoisotopic (exact) mass is 264 g/mol. The van der Waals surface area contributed by atoms with E-state index in [0.717, 1.165) is 4.90 Å². The van der Waals surface area contributed by atoms with Gasteiger partial charge >= 0.3 is 0 Å². The molecule has 0 atom stereocenters. The molecule has 0 spiro atoms. The van der Waals surface area contributed by atoms with E-state index in [1.807, 2.05) is 6.07 Å². The van der Waals surface area contributed by atoms with Crippen LogP contribution >= 0.6 is 0 Å². The van der Waals surface area contributed by atoms with Crippen molar-refractivity contribution >= 4 is 23.2 Å². The molecule has 20 heavy (non-hydrogen) atoms. The predicted octanol–water partition coefficient (Wildman–Crippen LogP) is 1.34. The maximum atomic E-state index is 12.3. The van der Waals surface area contributed by atoms with Crippen molar-refractivity contribution in [2.45, 2.75) is 0 Å². The summed E-state index contributed by atoms with van der Waals surface area (Å²) < 4.78 is 0. The largest absolute Gasteiger partial charge is 0.399 e. The lowest BCUT2D eigenvalue weighted by atomic mass is 10.1. The summed E-state index contributed by atoms with van der Waals surface area (Å²) in [5, 5.41) is 9.13. The second-order valence-electron chi connectivity index (χ2n) is 4.26. The molecule has 0 unspecified atom stereocenters. The number of carbonyl (C=O) groups is 2. The van der Waals surface area contributed by atoms with Crippen LogP contribution in [0.15, 0.2) is 36.7 Å². The molecule has 6 nitrogen and oxygen atoms in total. The Balaban J connectivity index is 2.17. The molecule has 2 N–H and O–H groups in total. The maximum Gasteiger partial charge on any atom is 0.267 e. The highest BCUT2D eigenvalue weighted by Crippen LogP contribution is 2.30. The zero-order chi connectivity index (χ0) is 14.3. The van der Waals surface area contributed by atoms with Gasteiger partial charge in [-0.05, 0) is 24.3 Å². The van der Waals surface area contributed by atoms with Crippen LogP contribution in [0.1, 0.15) is 26.3 Å². The number of nitrogen functional groups attached to an aromatic ring is 1. The van der Waals surface area contributed by atoms with Crippen molar-refractivity contribution in [1.29, 1.82) is 5.26 Å². The van der Waals surface area contributed by atoms with E-state index >= 15 is 0 Å². The van der Waals surface area contributed by atoms with Crippen LogP contribution in [0.25, 0.3) is 0 Å². The van der Waals surface area contributed by atoms with Gasteiger partial charge in [0.25, 0.3) is 11.8 Å². The number of amides is 2. The number of nitriles is 1. The molecule has 2 amide bonds. The van der Waals surface area contributed by atoms with Gasteiger partial charge in [0.15, 0.2) is 0 Å². The van der Waals surface area contributed by atoms with E-state index in [4.69, 9.17) is 11.0 Å². The van der Waals surface area contributed by atoms with Crippen molar-refractivity contribution in [3.05, 3.63) is 53.3 Å². The van der Waals surface area contributed by atoms with E-state index in [1.165, 1.54) is 36.7 Å². The Kier molecular flexibility index (Phi) is 2.48. The number of aromatic nitrogens is 1. The highest BCUT2D eigenvalue weighted by Gasteiger charge is 2.37. The molecule has 0 radical (unpaired) electrons. The molecule has 1 aromatic heterocycles. The van der Waals surface area contributed by atoms with Gasteiger partial charge in [0, 0.05) is 18.1 Å².